The number of aromatic nitrogens is 2. The lowest BCUT2D eigenvalue weighted by Gasteiger charge is -2.23. The van der Waals surface area contributed by atoms with Crippen LogP contribution in [0.3, 0.4) is 0 Å². The summed E-state index contributed by atoms with van der Waals surface area (Å²) in [5.41, 5.74) is 4.54. The topological polar surface area (TPSA) is 47.4 Å². The first-order valence-corrected chi connectivity index (χ1v) is 13.0. The van der Waals surface area contributed by atoms with Crippen LogP contribution in [0.15, 0.2) is 96.0 Å². The van der Waals surface area contributed by atoms with Crippen molar-refractivity contribution in [3.8, 4) is 22.7 Å². The summed E-state index contributed by atoms with van der Waals surface area (Å²) in [5, 5.41) is 4.88. The molecule has 2 heterocycles. The summed E-state index contributed by atoms with van der Waals surface area (Å²) in [6, 6.07) is 27.6. The minimum absolute atomic E-state index is 0.0912. The highest BCUT2D eigenvalue weighted by Crippen LogP contribution is 2.39. The van der Waals surface area contributed by atoms with Gasteiger partial charge in [0.2, 0.25) is 0 Å². The van der Waals surface area contributed by atoms with Crippen LogP contribution in [0, 0.1) is 0 Å². The van der Waals surface area contributed by atoms with Gasteiger partial charge in [0.05, 0.1) is 28.9 Å². The first-order valence-electron chi connectivity index (χ1n) is 11.8. The third-order valence-corrected chi connectivity index (χ3v) is 7.31. The maximum atomic E-state index is 13.5. The van der Waals surface area contributed by atoms with Gasteiger partial charge in [0, 0.05) is 17.3 Å². The number of thioether (sulfide) groups is 1. The molecule has 0 saturated carbocycles. The van der Waals surface area contributed by atoms with Crippen molar-refractivity contribution in [2.45, 2.75) is 19.9 Å². The van der Waals surface area contributed by atoms with Crippen LogP contribution >= 0.6 is 24.0 Å². The van der Waals surface area contributed by atoms with Crippen LogP contribution in [0.5, 0.6) is 5.75 Å². The summed E-state index contributed by atoms with van der Waals surface area (Å²) in [4.78, 5) is 15.8. The number of rotatable bonds is 7. The quantitative estimate of drug-likeness (QED) is 0.199. The van der Waals surface area contributed by atoms with Gasteiger partial charge in [0.25, 0.3) is 5.91 Å². The SMILES string of the molecule is CCOc1ccc(-c2nn(-c3ccccc3)cc2/C=C2/SC(=S)N([C@H](C)c3ccccc3)C2=O)cc1. The van der Waals surface area contributed by atoms with Gasteiger partial charge in [-0.25, -0.2) is 4.68 Å². The average Bonchev–Trinajstić information content (AvgIpc) is 3.45. The monoisotopic (exact) mass is 511 g/mol. The predicted molar refractivity (Wildman–Crippen MR) is 150 cm³/mol. The van der Waals surface area contributed by atoms with Crippen molar-refractivity contribution in [3.05, 3.63) is 107 Å². The number of thiocarbonyl (C=S) groups is 1. The predicted octanol–water partition coefficient (Wildman–Crippen LogP) is 6.90. The molecule has 0 bridgehead atoms. The van der Waals surface area contributed by atoms with Gasteiger partial charge in [0.15, 0.2) is 0 Å². The molecule has 1 aromatic heterocycles. The zero-order valence-corrected chi connectivity index (χ0v) is 21.6. The van der Waals surface area contributed by atoms with E-state index in [1.807, 2.05) is 116 Å². The molecule has 0 spiro atoms. The molecule has 1 atom stereocenters. The Hall–Kier alpha value is -3.68. The lowest BCUT2D eigenvalue weighted by Crippen LogP contribution is -2.30. The zero-order chi connectivity index (χ0) is 25.1. The van der Waals surface area contributed by atoms with Crippen LogP contribution in [0.2, 0.25) is 0 Å². The Labute approximate surface area is 220 Å². The summed E-state index contributed by atoms with van der Waals surface area (Å²) in [6.45, 7) is 4.57. The van der Waals surface area contributed by atoms with Gasteiger partial charge in [0.1, 0.15) is 10.1 Å². The second-order valence-electron chi connectivity index (χ2n) is 8.31. The Morgan fingerprint density at radius 3 is 2.33 bits per heavy atom. The molecule has 3 aromatic carbocycles. The third kappa shape index (κ3) is 4.85. The summed E-state index contributed by atoms with van der Waals surface area (Å²) in [5.74, 6) is 0.715. The fourth-order valence-electron chi connectivity index (χ4n) is 4.14. The molecule has 1 fully saturated rings. The van der Waals surface area contributed by atoms with E-state index in [2.05, 4.69) is 0 Å². The second-order valence-corrected chi connectivity index (χ2v) is 9.98. The van der Waals surface area contributed by atoms with Crippen LogP contribution in [0.25, 0.3) is 23.0 Å². The number of ether oxygens (including phenoxy) is 1. The van der Waals surface area contributed by atoms with Gasteiger partial charge in [-0.2, -0.15) is 5.10 Å². The molecule has 0 unspecified atom stereocenters. The van der Waals surface area contributed by atoms with Gasteiger partial charge in [-0.3, -0.25) is 9.69 Å². The highest BCUT2D eigenvalue weighted by molar-refractivity contribution is 8.26. The van der Waals surface area contributed by atoms with Crippen LogP contribution in [-0.4, -0.2) is 31.5 Å². The molecule has 5 nitrogen and oxygen atoms in total. The standard InChI is InChI=1S/C29H25N3O2S2/c1-3-34-25-16-14-22(15-17-25)27-23(19-31(30-27)24-12-8-5-9-13-24)18-26-28(33)32(29(35)36-26)20(2)21-10-6-4-7-11-21/h4-20H,3H2,1-2H3/b26-18+/t20-/m1/s1. The number of hydrogen-bond donors (Lipinski definition) is 0. The lowest BCUT2D eigenvalue weighted by molar-refractivity contribution is -0.123. The number of carbonyl (C=O) groups is 1. The van der Waals surface area contributed by atoms with Gasteiger partial charge in [-0.1, -0.05) is 72.5 Å². The third-order valence-electron chi connectivity index (χ3n) is 5.98. The van der Waals surface area contributed by atoms with E-state index in [1.165, 1.54) is 11.8 Å². The van der Waals surface area contributed by atoms with E-state index in [-0.39, 0.29) is 11.9 Å². The normalized spacial score (nSPS) is 15.5. The van der Waals surface area contributed by atoms with Gasteiger partial charge in [-0.05, 0) is 61.9 Å². The van der Waals surface area contributed by atoms with Crippen molar-refractivity contribution in [3.63, 3.8) is 0 Å². The summed E-state index contributed by atoms with van der Waals surface area (Å²) < 4.78 is 7.99. The van der Waals surface area contributed by atoms with Crippen molar-refractivity contribution < 1.29 is 9.53 Å². The molecular weight excluding hydrogens is 486 g/mol. The van der Waals surface area contributed by atoms with Crippen molar-refractivity contribution in [1.82, 2.24) is 14.7 Å². The van der Waals surface area contributed by atoms with Gasteiger partial charge >= 0.3 is 0 Å². The molecule has 1 aliphatic heterocycles. The molecule has 180 valence electrons. The zero-order valence-electron chi connectivity index (χ0n) is 20.0. The van der Waals surface area contributed by atoms with Crippen LogP contribution in [0.1, 0.15) is 31.0 Å². The van der Waals surface area contributed by atoms with Gasteiger partial charge in [-0.15, -0.1) is 0 Å². The molecule has 36 heavy (non-hydrogen) atoms. The Kier molecular flexibility index (Phi) is 7.02. The Bertz CT molecular complexity index is 1410. The van der Waals surface area contributed by atoms with Crippen LogP contribution in [0.4, 0.5) is 0 Å². The minimum Gasteiger partial charge on any atom is -0.494 e. The number of benzene rings is 3. The summed E-state index contributed by atoms with van der Waals surface area (Å²) in [7, 11) is 0. The first kappa shape index (κ1) is 24.0. The second kappa shape index (κ2) is 10.5. The smallest absolute Gasteiger partial charge is 0.266 e. The van der Waals surface area contributed by atoms with E-state index in [0.29, 0.717) is 15.8 Å². The lowest BCUT2D eigenvalue weighted by atomic mass is 10.1. The average molecular weight is 512 g/mol. The number of para-hydroxylation sites is 1. The maximum Gasteiger partial charge on any atom is 0.266 e. The minimum atomic E-state index is -0.151. The molecular formula is C29H25N3O2S2. The highest BCUT2D eigenvalue weighted by Gasteiger charge is 2.36. The molecule has 5 rings (SSSR count). The number of carbonyl (C=O) groups excluding carboxylic acids is 1. The van der Waals surface area contributed by atoms with E-state index >= 15 is 0 Å². The molecule has 0 radical (unpaired) electrons. The van der Waals surface area contributed by atoms with Crippen molar-refractivity contribution in [1.29, 1.82) is 0 Å². The van der Waals surface area contributed by atoms with Gasteiger partial charge < -0.3 is 4.74 Å². The molecule has 0 aliphatic carbocycles. The first-order chi connectivity index (χ1) is 17.5. The fourth-order valence-corrected chi connectivity index (χ4v) is 5.55. The largest absolute Gasteiger partial charge is 0.494 e. The van der Waals surface area contributed by atoms with Crippen molar-refractivity contribution in [2.24, 2.45) is 0 Å². The van der Waals surface area contributed by atoms with E-state index in [4.69, 9.17) is 22.1 Å². The number of hydrogen-bond acceptors (Lipinski definition) is 5. The molecule has 1 amide bonds. The van der Waals surface area contributed by atoms with Crippen molar-refractivity contribution in [2.75, 3.05) is 6.61 Å². The van der Waals surface area contributed by atoms with Crippen molar-refractivity contribution >= 4 is 40.3 Å². The number of amides is 1. The summed E-state index contributed by atoms with van der Waals surface area (Å²) >= 11 is 6.96. The Morgan fingerprint density at radius 2 is 1.67 bits per heavy atom. The van der Waals surface area contributed by atoms with E-state index in [9.17, 15) is 4.79 Å². The molecule has 7 heteroatoms. The molecule has 1 saturated heterocycles. The summed E-state index contributed by atoms with van der Waals surface area (Å²) in [6.07, 6.45) is 3.85. The Morgan fingerprint density at radius 1 is 1.00 bits per heavy atom. The fraction of sp³-hybridized carbons (Fsp3) is 0.138. The van der Waals surface area contributed by atoms with Crippen LogP contribution in [-0.2, 0) is 4.79 Å². The highest BCUT2D eigenvalue weighted by atomic mass is 32.2. The Balaban J connectivity index is 1.53. The van der Waals surface area contributed by atoms with E-state index in [0.717, 1.165) is 33.8 Å². The maximum absolute atomic E-state index is 13.5. The van der Waals surface area contributed by atoms with E-state index < -0.39 is 0 Å². The van der Waals surface area contributed by atoms with E-state index in [1.54, 1.807) is 4.90 Å². The van der Waals surface area contributed by atoms with Crippen LogP contribution < -0.4 is 4.74 Å². The number of nitrogens with zero attached hydrogens (tertiary/aromatic N) is 3. The molecule has 4 aromatic rings. The molecule has 1 aliphatic rings. The molecule has 0 N–H and O–H groups in total.